The van der Waals surface area contributed by atoms with E-state index in [0.717, 1.165) is 30.0 Å². The van der Waals surface area contributed by atoms with Crippen LogP contribution in [0.3, 0.4) is 0 Å². The van der Waals surface area contributed by atoms with Gasteiger partial charge in [0.25, 0.3) is 0 Å². The molecule has 4 nitrogen and oxygen atoms in total. The lowest BCUT2D eigenvalue weighted by molar-refractivity contribution is 0.146. The molecule has 2 rings (SSSR count). The van der Waals surface area contributed by atoms with E-state index in [4.69, 9.17) is 0 Å². The molecule has 0 amide bonds. The van der Waals surface area contributed by atoms with Gasteiger partial charge in [0, 0.05) is 19.3 Å². The molecular formula is C15H23N3O. The molecule has 1 atom stereocenters. The molecule has 0 saturated heterocycles. The number of fused-ring (bicyclic) bond motifs is 1. The summed E-state index contributed by atoms with van der Waals surface area (Å²) in [5.74, 6) is 0.523. The zero-order chi connectivity index (χ0) is 13.8. The molecule has 4 heteroatoms. The Morgan fingerprint density at radius 2 is 2.16 bits per heavy atom. The van der Waals surface area contributed by atoms with Gasteiger partial charge in [-0.15, -0.1) is 0 Å². The minimum atomic E-state index is -0.278. The molecule has 0 aromatic carbocycles. The van der Waals surface area contributed by atoms with Crippen LogP contribution in [0.1, 0.15) is 31.7 Å². The lowest BCUT2D eigenvalue weighted by Crippen LogP contribution is -2.28. The van der Waals surface area contributed by atoms with E-state index in [9.17, 15) is 5.11 Å². The average Bonchev–Trinajstić information content (AvgIpc) is 2.65. The first-order chi connectivity index (χ1) is 9.08. The van der Waals surface area contributed by atoms with Crippen molar-refractivity contribution in [1.29, 1.82) is 0 Å². The van der Waals surface area contributed by atoms with E-state index in [-0.39, 0.29) is 6.10 Å². The largest absolute Gasteiger partial charge is 0.392 e. The Hall–Kier alpha value is -1.39. The third kappa shape index (κ3) is 3.55. The highest BCUT2D eigenvalue weighted by Gasteiger charge is 2.10. The summed E-state index contributed by atoms with van der Waals surface area (Å²) in [6, 6.07) is 6.00. The maximum absolute atomic E-state index is 9.85. The van der Waals surface area contributed by atoms with Gasteiger partial charge in [-0.25, -0.2) is 4.98 Å². The molecule has 0 aliphatic carbocycles. The molecule has 2 N–H and O–H groups in total. The number of aliphatic hydroxyl groups excluding tert-OH is 1. The number of hydrogen-bond donors (Lipinski definition) is 2. The van der Waals surface area contributed by atoms with Crippen molar-refractivity contribution < 1.29 is 5.11 Å². The molecule has 19 heavy (non-hydrogen) atoms. The number of nitrogens with zero attached hydrogens (tertiary/aromatic N) is 2. The van der Waals surface area contributed by atoms with E-state index in [2.05, 4.69) is 28.5 Å². The number of pyridine rings is 1. The summed E-state index contributed by atoms with van der Waals surface area (Å²) < 4.78 is 2.09. The SMILES string of the molecule is Cc1nc2ccccn2c1CNCC(O)CC(C)C. The Labute approximate surface area is 114 Å². The highest BCUT2D eigenvalue weighted by atomic mass is 16.3. The Balaban J connectivity index is 1.96. The number of aryl methyl sites for hydroxylation is 1. The molecule has 2 aromatic rings. The quantitative estimate of drug-likeness (QED) is 0.837. The average molecular weight is 261 g/mol. The van der Waals surface area contributed by atoms with Crippen LogP contribution in [0.2, 0.25) is 0 Å². The van der Waals surface area contributed by atoms with Gasteiger partial charge < -0.3 is 14.8 Å². The number of aliphatic hydroxyl groups is 1. The van der Waals surface area contributed by atoms with Gasteiger partial charge in [-0.3, -0.25) is 0 Å². The highest BCUT2D eigenvalue weighted by molar-refractivity contribution is 5.42. The Morgan fingerprint density at radius 3 is 2.89 bits per heavy atom. The maximum Gasteiger partial charge on any atom is 0.137 e. The van der Waals surface area contributed by atoms with Crippen LogP contribution < -0.4 is 5.32 Å². The molecule has 0 spiro atoms. The number of hydrogen-bond acceptors (Lipinski definition) is 3. The molecule has 2 heterocycles. The number of imidazole rings is 1. The number of nitrogens with one attached hydrogen (secondary N) is 1. The van der Waals surface area contributed by atoms with Gasteiger partial charge in [-0.05, 0) is 31.4 Å². The monoisotopic (exact) mass is 261 g/mol. The standard InChI is InChI=1S/C15H23N3O/c1-11(2)8-13(19)9-16-10-14-12(3)17-15-6-4-5-7-18(14)15/h4-7,11,13,16,19H,8-10H2,1-3H3. The molecule has 1 unspecified atom stereocenters. The second-order valence-electron chi connectivity index (χ2n) is 5.49. The zero-order valence-corrected chi connectivity index (χ0v) is 11.9. The second-order valence-corrected chi connectivity index (χ2v) is 5.49. The predicted octanol–water partition coefficient (Wildman–Crippen LogP) is 2.14. The number of aromatic nitrogens is 2. The third-order valence-corrected chi connectivity index (χ3v) is 3.24. The lowest BCUT2D eigenvalue weighted by Gasteiger charge is -2.14. The minimum absolute atomic E-state index is 0.278. The van der Waals surface area contributed by atoms with Crippen LogP contribution in [-0.4, -0.2) is 27.1 Å². The van der Waals surface area contributed by atoms with E-state index in [0.29, 0.717) is 12.5 Å². The fourth-order valence-electron chi connectivity index (χ4n) is 2.36. The van der Waals surface area contributed by atoms with Crippen molar-refractivity contribution in [1.82, 2.24) is 14.7 Å². The van der Waals surface area contributed by atoms with Gasteiger partial charge in [-0.2, -0.15) is 0 Å². The van der Waals surface area contributed by atoms with E-state index in [1.165, 1.54) is 0 Å². The first-order valence-electron chi connectivity index (χ1n) is 6.89. The summed E-state index contributed by atoms with van der Waals surface area (Å²) in [6.07, 6.45) is 2.58. The topological polar surface area (TPSA) is 49.6 Å². The summed E-state index contributed by atoms with van der Waals surface area (Å²) in [5.41, 5.74) is 3.17. The predicted molar refractivity (Wildman–Crippen MR) is 77.1 cm³/mol. The Morgan fingerprint density at radius 1 is 1.37 bits per heavy atom. The van der Waals surface area contributed by atoms with Crippen LogP contribution in [0.15, 0.2) is 24.4 Å². The van der Waals surface area contributed by atoms with Crippen LogP contribution in [0.5, 0.6) is 0 Å². The van der Waals surface area contributed by atoms with Crippen LogP contribution in [0.4, 0.5) is 0 Å². The van der Waals surface area contributed by atoms with Crippen molar-refractivity contribution in [2.75, 3.05) is 6.54 Å². The summed E-state index contributed by atoms with van der Waals surface area (Å²) >= 11 is 0. The third-order valence-electron chi connectivity index (χ3n) is 3.24. The molecule has 0 aliphatic rings. The van der Waals surface area contributed by atoms with Gasteiger partial charge in [0.1, 0.15) is 5.65 Å². The lowest BCUT2D eigenvalue weighted by atomic mass is 10.1. The summed E-state index contributed by atoms with van der Waals surface area (Å²) in [7, 11) is 0. The smallest absolute Gasteiger partial charge is 0.137 e. The maximum atomic E-state index is 9.85. The molecule has 0 radical (unpaired) electrons. The molecule has 2 aromatic heterocycles. The Kier molecular flexibility index (Phi) is 4.56. The summed E-state index contributed by atoms with van der Waals surface area (Å²) in [5, 5.41) is 13.2. The van der Waals surface area contributed by atoms with Crippen molar-refractivity contribution in [3.05, 3.63) is 35.8 Å². The second kappa shape index (κ2) is 6.17. The molecule has 0 fully saturated rings. The van der Waals surface area contributed by atoms with Gasteiger partial charge >= 0.3 is 0 Å². The van der Waals surface area contributed by atoms with E-state index in [1.54, 1.807) is 0 Å². The molecule has 0 bridgehead atoms. The van der Waals surface area contributed by atoms with E-state index < -0.39 is 0 Å². The van der Waals surface area contributed by atoms with Gasteiger partial charge in [0.05, 0.1) is 17.5 Å². The van der Waals surface area contributed by atoms with Crippen LogP contribution in [0, 0.1) is 12.8 Å². The van der Waals surface area contributed by atoms with Crippen LogP contribution in [-0.2, 0) is 6.54 Å². The summed E-state index contributed by atoms with van der Waals surface area (Å²) in [6.45, 7) is 7.62. The fraction of sp³-hybridized carbons (Fsp3) is 0.533. The molecule has 104 valence electrons. The normalized spacial score (nSPS) is 13.3. The van der Waals surface area contributed by atoms with E-state index >= 15 is 0 Å². The first kappa shape index (κ1) is 14.0. The zero-order valence-electron chi connectivity index (χ0n) is 11.9. The van der Waals surface area contributed by atoms with Crippen LogP contribution in [0.25, 0.3) is 5.65 Å². The number of rotatable bonds is 6. The fourth-order valence-corrected chi connectivity index (χ4v) is 2.36. The van der Waals surface area contributed by atoms with Crippen molar-refractivity contribution in [2.24, 2.45) is 5.92 Å². The molecular weight excluding hydrogens is 238 g/mol. The highest BCUT2D eigenvalue weighted by Crippen LogP contribution is 2.11. The van der Waals surface area contributed by atoms with Crippen LogP contribution >= 0.6 is 0 Å². The first-order valence-corrected chi connectivity index (χ1v) is 6.89. The minimum Gasteiger partial charge on any atom is -0.392 e. The van der Waals surface area contributed by atoms with Crippen molar-refractivity contribution in [2.45, 2.75) is 39.8 Å². The molecule has 0 saturated carbocycles. The summed E-state index contributed by atoms with van der Waals surface area (Å²) in [4.78, 5) is 4.52. The van der Waals surface area contributed by atoms with Gasteiger partial charge in [0.15, 0.2) is 0 Å². The molecule has 0 aliphatic heterocycles. The Bertz CT molecular complexity index is 533. The van der Waals surface area contributed by atoms with Gasteiger partial charge in [-0.1, -0.05) is 19.9 Å². The van der Waals surface area contributed by atoms with Crippen molar-refractivity contribution in [3.63, 3.8) is 0 Å². The van der Waals surface area contributed by atoms with E-state index in [1.807, 2.05) is 31.3 Å². The van der Waals surface area contributed by atoms with Crippen molar-refractivity contribution in [3.8, 4) is 0 Å². The van der Waals surface area contributed by atoms with Crippen molar-refractivity contribution >= 4 is 5.65 Å². The van der Waals surface area contributed by atoms with Gasteiger partial charge in [0.2, 0.25) is 0 Å².